The average molecular weight is 149 g/mol. The third-order valence-electron chi connectivity index (χ3n) is 2.19. The van der Waals surface area contributed by atoms with Crippen LogP contribution in [0.3, 0.4) is 0 Å². The van der Waals surface area contributed by atoms with Crippen LogP contribution >= 0.6 is 0 Å². The molecule has 2 rings (SSSR count). The second-order valence-electron chi connectivity index (χ2n) is 2.97. The summed E-state index contributed by atoms with van der Waals surface area (Å²) in [5, 5.41) is 3.35. The molecule has 11 heavy (non-hydrogen) atoms. The zero-order valence-corrected chi connectivity index (χ0v) is 6.53. The van der Waals surface area contributed by atoms with Crippen LogP contribution in [0.4, 0.5) is 0 Å². The van der Waals surface area contributed by atoms with E-state index in [4.69, 9.17) is 0 Å². The first kappa shape index (κ1) is 6.80. The molecule has 1 fully saturated rings. The molecule has 1 atom stereocenters. The maximum absolute atomic E-state index is 3.35. The highest BCUT2D eigenvalue weighted by atomic mass is 15.1. The molecule has 1 saturated heterocycles. The van der Waals surface area contributed by atoms with Gasteiger partial charge in [-0.15, -0.1) is 0 Å². The Morgan fingerprint density at radius 3 is 2.64 bits per heavy atom. The van der Waals surface area contributed by atoms with Crippen molar-refractivity contribution in [3.8, 4) is 0 Å². The van der Waals surface area contributed by atoms with Crippen LogP contribution in [-0.2, 0) is 0 Å². The van der Waals surface area contributed by atoms with Gasteiger partial charge >= 0.3 is 0 Å². The van der Waals surface area contributed by atoms with Crippen molar-refractivity contribution in [3.05, 3.63) is 30.6 Å². The predicted octanol–water partition coefficient (Wildman–Crippen LogP) is 0.508. The minimum Gasteiger partial charge on any atom is -0.310 e. The van der Waals surface area contributed by atoms with Gasteiger partial charge in [0.1, 0.15) is 0 Å². The molecule has 58 valence electrons. The van der Waals surface area contributed by atoms with Gasteiger partial charge in [-0.25, -0.2) is 4.57 Å². The molecule has 0 saturated carbocycles. The number of aromatic nitrogens is 1. The van der Waals surface area contributed by atoms with Gasteiger partial charge in [0.05, 0.1) is 6.54 Å². The molecule has 1 aliphatic heterocycles. The molecule has 0 aromatic carbocycles. The molecule has 1 aromatic heterocycles. The topological polar surface area (TPSA) is 15.9 Å². The third kappa shape index (κ3) is 1.40. The first-order valence-electron chi connectivity index (χ1n) is 4.13. The van der Waals surface area contributed by atoms with E-state index in [9.17, 15) is 0 Å². The van der Waals surface area contributed by atoms with Gasteiger partial charge in [-0.05, 0) is 0 Å². The zero-order chi connectivity index (χ0) is 7.52. The lowest BCUT2D eigenvalue weighted by Crippen LogP contribution is -2.39. The lowest BCUT2D eigenvalue weighted by Gasteiger charge is -2.00. The van der Waals surface area contributed by atoms with Crippen molar-refractivity contribution in [2.24, 2.45) is 0 Å². The van der Waals surface area contributed by atoms with Crippen LogP contribution < -0.4 is 9.88 Å². The lowest BCUT2D eigenvalue weighted by atomic mass is 10.2. The Morgan fingerprint density at radius 2 is 2.00 bits per heavy atom. The fraction of sp³-hybridized carbons (Fsp3) is 0.444. The maximum atomic E-state index is 3.35. The molecular weight excluding hydrogens is 136 g/mol. The van der Waals surface area contributed by atoms with E-state index in [0.717, 1.165) is 13.1 Å². The fourth-order valence-corrected chi connectivity index (χ4v) is 1.55. The van der Waals surface area contributed by atoms with E-state index in [-0.39, 0.29) is 0 Å². The Kier molecular flexibility index (Phi) is 1.86. The van der Waals surface area contributed by atoms with Crippen LogP contribution in [0.25, 0.3) is 0 Å². The second-order valence-corrected chi connectivity index (χ2v) is 2.97. The summed E-state index contributed by atoms with van der Waals surface area (Å²) in [4.78, 5) is 0. The molecule has 2 nitrogen and oxygen atoms in total. The SMILES string of the molecule is c1cc[n+](C2CCNC2)cc1. The largest absolute Gasteiger partial charge is 0.310 e. The first-order valence-corrected chi connectivity index (χ1v) is 4.13. The third-order valence-corrected chi connectivity index (χ3v) is 2.19. The lowest BCUT2D eigenvalue weighted by molar-refractivity contribution is -0.718. The van der Waals surface area contributed by atoms with Crippen molar-refractivity contribution in [2.45, 2.75) is 12.5 Å². The van der Waals surface area contributed by atoms with E-state index >= 15 is 0 Å². The highest BCUT2D eigenvalue weighted by Crippen LogP contribution is 2.05. The molecule has 2 heterocycles. The molecule has 1 unspecified atom stereocenters. The van der Waals surface area contributed by atoms with Crippen LogP contribution in [0.15, 0.2) is 30.6 Å². The summed E-state index contributed by atoms with van der Waals surface area (Å²) < 4.78 is 2.28. The maximum Gasteiger partial charge on any atom is 0.171 e. The van der Waals surface area contributed by atoms with Crippen LogP contribution in [0.2, 0.25) is 0 Å². The Bertz CT molecular complexity index is 214. The van der Waals surface area contributed by atoms with Crippen LogP contribution in [0, 0.1) is 0 Å². The summed E-state index contributed by atoms with van der Waals surface area (Å²) in [6.07, 6.45) is 5.53. The molecule has 1 aliphatic rings. The summed E-state index contributed by atoms with van der Waals surface area (Å²) in [6, 6.07) is 6.89. The van der Waals surface area contributed by atoms with E-state index < -0.39 is 0 Å². The van der Waals surface area contributed by atoms with Crippen LogP contribution in [0.1, 0.15) is 12.5 Å². The summed E-state index contributed by atoms with van der Waals surface area (Å²) in [6.45, 7) is 2.28. The monoisotopic (exact) mass is 149 g/mol. The molecule has 1 N–H and O–H groups in total. The molecule has 0 spiro atoms. The fourth-order valence-electron chi connectivity index (χ4n) is 1.55. The summed E-state index contributed by atoms with van der Waals surface area (Å²) in [5.74, 6) is 0. The van der Waals surface area contributed by atoms with Crippen molar-refractivity contribution >= 4 is 0 Å². The highest BCUT2D eigenvalue weighted by molar-refractivity contribution is 4.84. The summed E-state index contributed by atoms with van der Waals surface area (Å²) >= 11 is 0. The highest BCUT2D eigenvalue weighted by Gasteiger charge is 2.21. The van der Waals surface area contributed by atoms with Gasteiger partial charge in [-0.3, -0.25) is 0 Å². The van der Waals surface area contributed by atoms with Crippen LogP contribution in [0.5, 0.6) is 0 Å². The number of hydrogen-bond acceptors (Lipinski definition) is 1. The zero-order valence-electron chi connectivity index (χ0n) is 6.53. The molecule has 2 heteroatoms. The van der Waals surface area contributed by atoms with Gasteiger partial charge in [0.15, 0.2) is 18.4 Å². The quantitative estimate of drug-likeness (QED) is 0.575. The number of rotatable bonds is 1. The van der Waals surface area contributed by atoms with Crippen molar-refractivity contribution in [1.29, 1.82) is 0 Å². The molecule has 1 aromatic rings. The van der Waals surface area contributed by atoms with Gasteiger partial charge in [0.2, 0.25) is 0 Å². The van der Waals surface area contributed by atoms with E-state index in [2.05, 4.69) is 40.5 Å². The minimum atomic E-state index is 0.677. The van der Waals surface area contributed by atoms with Crippen molar-refractivity contribution in [1.82, 2.24) is 5.32 Å². The van der Waals surface area contributed by atoms with Crippen LogP contribution in [-0.4, -0.2) is 13.1 Å². The Balaban J connectivity index is 2.16. The Morgan fingerprint density at radius 1 is 1.18 bits per heavy atom. The van der Waals surface area contributed by atoms with E-state index in [1.807, 2.05) is 0 Å². The van der Waals surface area contributed by atoms with Crippen molar-refractivity contribution in [3.63, 3.8) is 0 Å². The van der Waals surface area contributed by atoms with E-state index in [1.54, 1.807) is 0 Å². The van der Waals surface area contributed by atoms with Gasteiger partial charge in [0, 0.05) is 25.1 Å². The van der Waals surface area contributed by atoms with Gasteiger partial charge in [-0.1, -0.05) is 6.07 Å². The molecular formula is C9H13N2+. The Labute approximate surface area is 66.9 Å². The van der Waals surface area contributed by atoms with Gasteiger partial charge in [0.25, 0.3) is 0 Å². The number of nitrogens with one attached hydrogen (secondary N) is 1. The molecule has 0 amide bonds. The van der Waals surface area contributed by atoms with Gasteiger partial charge in [-0.2, -0.15) is 0 Å². The molecule has 0 bridgehead atoms. The predicted molar refractivity (Wildman–Crippen MR) is 43.2 cm³/mol. The second kappa shape index (κ2) is 3.01. The van der Waals surface area contributed by atoms with E-state index in [0.29, 0.717) is 6.04 Å². The normalized spacial score (nSPS) is 23.8. The summed E-state index contributed by atoms with van der Waals surface area (Å²) in [7, 11) is 0. The minimum absolute atomic E-state index is 0.677. The van der Waals surface area contributed by atoms with Crippen molar-refractivity contribution < 1.29 is 4.57 Å². The van der Waals surface area contributed by atoms with Crippen molar-refractivity contribution in [2.75, 3.05) is 13.1 Å². The molecule has 0 radical (unpaired) electrons. The van der Waals surface area contributed by atoms with Gasteiger partial charge < -0.3 is 5.32 Å². The smallest absolute Gasteiger partial charge is 0.171 e. The summed E-state index contributed by atoms with van der Waals surface area (Å²) in [5.41, 5.74) is 0. The number of nitrogens with zero attached hydrogens (tertiary/aromatic N) is 1. The number of hydrogen-bond donors (Lipinski definition) is 1. The number of pyridine rings is 1. The molecule has 0 aliphatic carbocycles. The standard InChI is InChI=1S/C9H13N2/c1-2-6-11(7-3-1)9-4-5-10-8-9/h1-3,6-7,9-10H,4-5,8H2/q+1. The van der Waals surface area contributed by atoms with E-state index in [1.165, 1.54) is 6.42 Å². The average Bonchev–Trinajstić information content (AvgIpc) is 2.58. The Hall–Kier alpha value is -0.890. The first-order chi connectivity index (χ1) is 5.47.